The first kappa shape index (κ1) is 12.4. The van der Waals surface area contributed by atoms with Gasteiger partial charge in [0.05, 0.1) is 17.6 Å². The molecule has 1 amide bonds. The van der Waals surface area contributed by atoms with Crippen molar-refractivity contribution in [1.82, 2.24) is 5.16 Å². The molecule has 2 rings (SSSR count). The molecule has 0 bridgehead atoms. The van der Waals surface area contributed by atoms with E-state index in [4.69, 9.17) is 21.9 Å². The van der Waals surface area contributed by atoms with Crippen LogP contribution in [0.25, 0.3) is 0 Å². The first-order valence-corrected chi connectivity index (χ1v) is 5.63. The fourth-order valence-corrected chi connectivity index (χ4v) is 1.77. The zero-order valence-electron chi connectivity index (χ0n) is 9.98. The van der Waals surface area contributed by atoms with E-state index in [1.165, 1.54) is 11.1 Å². The second kappa shape index (κ2) is 4.70. The third-order valence-electron chi connectivity index (χ3n) is 2.64. The van der Waals surface area contributed by atoms with E-state index < -0.39 is 0 Å². The van der Waals surface area contributed by atoms with Crippen molar-refractivity contribution in [2.45, 2.75) is 6.92 Å². The van der Waals surface area contributed by atoms with E-state index in [1.807, 2.05) is 0 Å². The predicted octanol–water partition coefficient (Wildman–Crippen LogP) is 2.50. The van der Waals surface area contributed by atoms with Crippen LogP contribution >= 0.6 is 11.6 Å². The van der Waals surface area contributed by atoms with Crippen molar-refractivity contribution in [2.75, 3.05) is 17.7 Å². The van der Waals surface area contributed by atoms with Crippen molar-refractivity contribution in [1.29, 1.82) is 0 Å². The van der Waals surface area contributed by atoms with Gasteiger partial charge in [-0.25, -0.2) is 0 Å². The van der Waals surface area contributed by atoms with Crippen LogP contribution in [0.3, 0.4) is 0 Å². The van der Waals surface area contributed by atoms with Gasteiger partial charge in [0.15, 0.2) is 0 Å². The largest absolute Gasteiger partial charge is 0.397 e. The zero-order valence-corrected chi connectivity index (χ0v) is 10.7. The number of anilines is 2. The Bertz CT molecular complexity index is 595. The molecular formula is C12H12ClN3O2. The summed E-state index contributed by atoms with van der Waals surface area (Å²) in [6, 6.07) is 4.96. The van der Waals surface area contributed by atoms with Crippen molar-refractivity contribution in [3.63, 3.8) is 0 Å². The SMILES string of the molecule is Cc1oncc1C(=O)N(C)c1cc(Cl)ccc1N. The van der Waals surface area contributed by atoms with Crippen LogP contribution in [0.1, 0.15) is 16.1 Å². The van der Waals surface area contributed by atoms with E-state index in [2.05, 4.69) is 5.16 Å². The molecule has 0 spiro atoms. The molecule has 0 fully saturated rings. The number of nitrogens with two attached hydrogens (primary N) is 1. The van der Waals surface area contributed by atoms with Gasteiger partial charge >= 0.3 is 0 Å². The smallest absolute Gasteiger partial charge is 0.263 e. The van der Waals surface area contributed by atoms with Crippen LogP contribution in [0.2, 0.25) is 5.02 Å². The summed E-state index contributed by atoms with van der Waals surface area (Å²) in [5.41, 5.74) is 7.25. The number of amides is 1. The maximum atomic E-state index is 12.2. The van der Waals surface area contributed by atoms with E-state index in [0.717, 1.165) is 0 Å². The lowest BCUT2D eigenvalue weighted by Crippen LogP contribution is -2.27. The summed E-state index contributed by atoms with van der Waals surface area (Å²) in [7, 11) is 1.62. The molecule has 0 aliphatic heterocycles. The van der Waals surface area contributed by atoms with E-state index >= 15 is 0 Å². The van der Waals surface area contributed by atoms with Gasteiger partial charge in [-0.05, 0) is 25.1 Å². The number of aryl methyl sites for hydroxylation is 1. The summed E-state index contributed by atoms with van der Waals surface area (Å²) in [5, 5.41) is 4.09. The highest BCUT2D eigenvalue weighted by atomic mass is 35.5. The Hall–Kier alpha value is -2.01. The monoisotopic (exact) mass is 265 g/mol. The molecule has 2 aromatic rings. The molecule has 0 radical (unpaired) electrons. The minimum atomic E-state index is -0.247. The van der Waals surface area contributed by atoms with E-state index in [1.54, 1.807) is 32.2 Å². The van der Waals surface area contributed by atoms with Crippen LogP contribution in [-0.2, 0) is 0 Å². The minimum absolute atomic E-state index is 0.247. The molecule has 1 heterocycles. The van der Waals surface area contributed by atoms with E-state index in [0.29, 0.717) is 27.7 Å². The summed E-state index contributed by atoms with van der Waals surface area (Å²) in [4.78, 5) is 13.6. The van der Waals surface area contributed by atoms with Crippen molar-refractivity contribution in [3.05, 3.63) is 40.7 Å². The molecule has 0 aliphatic carbocycles. The summed E-state index contributed by atoms with van der Waals surface area (Å²) in [6.45, 7) is 1.68. The molecule has 2 N–H and O–H groups in total. The van der Waals surface area contributed by atoms with Crippen LogP contribution in [0.4, 0.5) is 11.4 Å². The molecule has 18 heavy (non-hydrogen) atoms. The number of carbonyl (C=O) groups is 1. The van der Waals surface area contributed by atoms with Crippen molar-refractivity contribution in [3.8, 4) is 0 Å². The number of aromatic nitrogens is 1. The summed E-state index contributed by atoms with van der Waals surface area (Å²) >= 11 is 5.90. The topological polar surface area (TPSA) is 72.4 Å². The second-order valence-corrected chi connectivity index (χ2v) is 4.30. The number of nitrogen functional groups attached to an aromatic ring is 1. The third kappa shape index (κ3) is 2.17. The quantitative estimate of drug-likeness (QED) is 0.847. The summed E-state index contributed by atoms with van der Waals surface area (Å²) in [5.74, 6) is 0.218. The fraction of sp³-hybridized carbons (Fsp3) is 0.167. The van der Waals surface area contributed by atoms with Crippen molar-refractivity contribution >= 4 is 28.9 Å². The van der Waals surface area contributed by atoms with E-state index in [9.17, 15) is 4.79 Å². The Kier molecular flexibility index (Phi) is 3.25. The lowest BCUT2D eigenvalue weighted by molar-refractivity contribution is 0.0991. The van der Waals surface area contributed by atoms with Gasteiger partial charge in [-0.2, -0.15) is 0 Å². The van der Waals surface area contributed by atoms with Crippen LogP contribution in [-0.4, -0.2) is 18.1 Å². The summed E-state index contributed by atoms with van der Waals surface area (Å²) < 4.78 is 4.87. The van der Waals surface area contributed by atoms with Crippen LogP contribution < -0.4 is 10.6 Å². The molecule has 6 heteroatoms. The molecule has 94 valence electrons. The molecule has 1 aromatic heterocycles. The molecule has 5 nitrogen and oxygen atoms in total. The number of hydrogen-bond donors (Lipinski definition) is 1. The first-order valence-electron chi connectivity index (χ1n) is 5.25. The molecular weight excluding hydrogens is 254 g/mol. The number of hydrogen-bond acceptors (Lipinski definition) is 4. The maximum absolute atomic E-state index is 12.2. The van der Waals surface area contributed by atoms with Gasteiger partial charge in [0.25, 0.3) is 5.91 Å². The second-order valence-electron chi connectivity index (χ2n) is 3.86. The van der Waals surface area contributed by atoms with Crippen molar-refractivity contribution < 1.29 is 9.32 Å². The van der Waals surface area contributed by atoms with Gasteiger partial charge in [0.2, 0.25) is 0 Å². The Morgan fingerprint density at radius 3 is 2.83 bits per heavy atom. The molecule has 0 atom stereocenters. The standard InChI is InChI=1S/C12H12ClN3O2/c1-7-9(6-15-18-7)12(17)16(2)11-5-8(13)3-4-10(11)14/h3-6H,14H2,1-2H3. The lowest BCUT2D eigenvalue weighted by atomic mass is 10.2. The molecule has 0 unspecified atom stereocenters. The maximum Gasteiger partial charge on any atom is 0.263 e. The highest BCUT2D eigenvalue weighted by Crippen LogP contribution is 2.27. The molecule has 0 saturated heterocycles. The molecule has 0 saturated carbocycles. The van der Waals surface area contributed by atoms with Gasteiger partial charge < -0.3 is 15.2 Å². The van der Waals surface area contributed by atoms with Gasteiger partial charge in [-0.1, -0.05) is 16.8 Å². The molecule has 0 aliphatic rings. The normalized spacial score (nSPS) is 10.4. The predicted molar refractivity (Wildman–Crippen MR) is 69.8 cm³/mol. The Morgan fingerprint density at radius 1 is 1.50 bits per heavy atom. The van der Waals surface area contributed by atoms with Gasteiger partial charge in [0.1, 0.15) is 11.3 Å². The third-order valence-corrected chi connectivity index (χ3v) is 2.87. The van der Waals surface area contributed by atoms with Crippen LogP contribution in [0, 0.1) is 6.92 Å². The number of nitrogens with zero attached hydrogens (tertiary/aromatic N) is 2. The first-order chi connectivity index (χ1) is 8.50. The Labute approximate surface area is 109 Å². The number of rotatable bonds is 2. The average molecular weight is 266 g/mol. The van der Waals surface area contributed by atoms with Crippen LogP contribution in [0.5, 0.6) is 0 Å². The summed E-state index contributed by atoms with van der Waals surface area (Å²) in [6.07, 6.45) is 1.38. The zero-order chi connectivity index (χ0) is 13.3. The van der Waals surface area contributed by atoms with Gasteiger partial charge in [-0.3, -0.25) is 4.79 Å². The van der Waals surface area contributed by atoms with Crippen LogP contribution in [0.15, 0.2) is 28.9 Å². The van der Waals surface area contributed by atoms with Gasteiger partial charge in [-0.15, -0.1) is 0 Å². The molecule has 1 aromatic carbocycles. The van der Waals surface area contributed by atoms with E-state index in [-0.39, 0.29) is 5.91 Å². The Balaban J connectivity index is 2.37. The highest BCUT2D eigenvalue weighted by molar-refractivity contribution is 6.31. The van der Waals surface area contributed by atoms with Gasteiger partial charge in [0, 0.05) is 12.1 Å². The highest BCUT2D eigenvalue weighted by Gasteiger charge is 2.20. The number of halogens is 1. The fourth-order valence-electron chi connectivity index (χ4n) is 1.60. The average Bonchev–Trinajstić information content (AvgIpc) is 2.77. The number of carbonyl (C=O) groups excluding carboxylic acids is 1. The Morgan fingerprint density at radius 2 is 2.22 bits per heavy atom. The minimum Gasteiger partial charge on any atom is -0.397 e. The lowest BCUT2D eigenvalue weighted by Gasteiger charge is -2.18. The number of benzene rings is 1. The van der Waals surface area contributed by atoms with Crippen molar-refractivity contribution in [2.24, 2.45) is 0 Å².